The van der Waals surface area contributed by atoms with Gasteiger partial charge in [-0.15, -0.1) is 0 Å². The lowest BCUT2D eigenvalue weighted by Crippen LogP contribution is -2.41. The second-order valence-corrected chi connectivity index (χ2v) is 9.47. The van der Waals surface area contributed by atoms with E-state index < -0.39 is 25.6 Å². The predicted molar refractivity (Wildman–Crippen MR) is 82.3 cm³/mol. The molecule has 0 atom stereocenters. The molecule has 0 fully saturated rings. The minimum atomic E-state index is -3.94. The Hall–Kier alpha value is -1.19. The van der Waals surface area contributed by atoms with Gasteiger partial charge < -0.3 is 0 Å². The maximum Gasteiger partial charge on any atom is 0.260 e. The number of nitrogens with zero attached hydrogens (tertiary/aromatic N) is 2. The van der Waals surface area contributed by atoms with Crippen LogP contribution in [0.1, 0.15) is 26.5 Å². The Kier molecular flexibility index (Phi) is 4.71. The molecule has 7 nitrogen and oxygen atoms in total. The second-order valence-electron chi connectivity index (χ2n) is 5.86. The van der Waals surface area contributed by atoms with Gasteiger partial charge in [-0.3, -0.25) is 4.31 Å². The minimum Gasteiger partial charge on any atom is -0.271 e. The molecule has 0 aliphatic rings. The lowest BCUT2D eigenvalue weighted by molar-refractivity contribution is 0.489. The summed E-state index contributed by atoms with van der Waals surface area (Å²) in [6.45, 7) is 6.72. The van der Waals surface area contributed by atoms with Crippen molar-refractivity contribution in [2.75, 3.05) is 17.6 Å². The van der Waals surface area contributed by atoms with E-state index in [9.17, 15) is 16.8 Å². The standard InChI is InChI=1S/C12H21N3O4S2/c1-9-7-8-10(15(5)20(6,16)17)11(13-9)21(18,19)14-12(2,3)4/h7-8,14H,1-6H3. The molecule has 0 aromatic carbocycles. The molecule has 1 N–H and O–H groups in total. The third kappa shape index (κ3) is 4.65. The highest BCUT2D eigenvalue weighted by molar-refractivity contribution is 7.92. The highest BCUT2D eigenvalue weighted by Gasteiger charge is 2.29. The summed E-state index contributed by atoms with van der Waals surface area (Å²) in [5, 5.41) is -0.301. The fourth-order valence-corrected chi connectivity index (χ4v) is 3.80. The summed E-state index contributed by atoms with van der Waals surface area (Å²) in [7, 11) is -6.25. The van der Waals surface area contributed by atoms with E-state index >= 15 is 0 Å². The maximum atomic E-state index is 12.5. The molecule has 1 rings (SSSR count). The molecule has 9 heteroatoms. The van der Waals surface area contributed by atoms with E-state index in [2.05, 4.69) is 9.71 Å². The summed E-state index contributed by atoms with van der Waals surface area (Å²) in [5.41, 5.74) is -0.208. The van der Waals surface area contributed by atoms with Crippen molar-refractivity contribution in [2.45, 2.75) is 38.3 Å². The Morgan fingerprint density at radius 1 is 1.14 bits per heavy atom. The molecule has 0 saturated heterocycles. The van der Waals surface area contributed by atoms with Gasteiger partial charge in [0.1, 0.15) is 0 Å². The molecule has 1 aromatic rings. The quantitative estimate of drug-likeness (QED) is 0.880. The van der Waals surface area contributed by atoms with Crippen molar-refractivity contribution >= 4 is 25.7 Å². The van der Waals surface area contributed by atoms with Crippen LogP contribution in [0.25, 0.3) is 0 Å². The van der Waals surface area contributed by atoms with E-state index in [4.69, 9.17) is 0 Å². The molecular formula is C12H21N3O4S2. The van der Waals surface area contributed by atoms with E-state index in [1.165, 1.54) is 13.1 Å². The van der Waals surface area contributed by atoms with Gasteiger partial charge in [0.15, 0.2) is 5.03 Å². The third-order valence-electron chi connectivity index (χ3n) is 2.51. The first-order chi connectivity index (χ1) is 9.24. The van der Waals surface area contributed by atoms with Gasteiger partial charge in [0.2, 0.25) is 10.0 Å². The van der Waals surface area contributed by atoms with Crippen molar-refractivity contribution in [1.82, 2.24) is 9.71 Å². The zero-order chi connectivity index (χ0) is 16.6. The van der Waals surface area contributed by atoms with Crippen LogP contribution in [0.15, 0.2) is 17.2 Å². The first-order valence-electron chi connectivity index (χ1n) is 6.19. The van der Waals surface area contributed by atoms with E-state index in [1.807, 2.05) is 0 Å². The van der Waals surface area contributed by atoms with Crippen molar-refractivity contribution in [1.29, 1.82) is 0 Å². The summed E-state index contributed by atoms with van der Waals surface area (Å²) in [6, 6.07) is 2.99. The predicted octanol–water partition coefficient (Wildman–Crippen LogP) is 0.863. The molecule has 0 saturated carbocycles. The lowest BCUT2D eigenvalue weighted by Gasteiger charge is -2.23. The Balaban J connectivity index is 3.53. The molecule has 0 spiro atoms. The van der Waals surface area contributed by atoms with Crippen LogP contribution in [-0.2, 0) is 20.0 Å². The van der Waals surface area contributed by atoms with Gasteiger partial charge in [0.25, 0.3) is 10.0 Å². The number of aryl methyl sites for hydroxylation is 1. The molecule has 0 aliphatic carbocycles. The topological polar surface area (TPSA) is 96.4 Å². The van der Waals surface area contributed by atoms with Crippen LogP contribution in [0.2, 0.25) is 0 Å². The Bertz CT molecular complexity index is 734. The van der Waals surface area contributed by atoms with Crippen LogP contribution >= 0.6 is 0 Å². The zero-order valence-corrected chi connectivity index (χ0v) is 14.6. The van der Waals surface area contributed by atoms with Crippen molar-refractivity contribution < 1.29 is 16.8 Å². The van der Waals surface area contributed by atoms with Crippen LogP contribution in [-0.4, -0.2) is 40.7 Å². The summed E-state index contributed by atoms with van der Waals surface area (Å²) in [5.74, 6) is 0. The van der Waals surface area contributed by atoms with Gasteiger partial charge in [-0.05, 0) is 39.8 Å². The van der Waals surface area contributed by atoms with Crippen LogP contribution in [0, 0.1) is 6.92 Å². The number of hydrogen-bond donors (Lipinski definition) is 1. The number of pyridine rings is 1. The van der Waals surface area contributed by atoms with E-state index in [0.29, 0.717) is 5.69 Å². The molecule has 120 valence electrons. The third-order valence-corrected chi connectivity index (χ3v) is 5.39. The monoisotopic (exact) mass is 335 g/mol. The number of aromatic nitrogens is 1. The lowest BCUT2D eigenvalue weighted by atomic mass is 10.1. The van der Waals surface area contributed by atoms with Gasteiger partial charge >= 0.3 is 0 Å². The molecular weight excluding hydrogens is 314 g/mol. The molecule has 0 radical (unpaired) electrons. The molecule has 0 unspecified atom stereocenters. The van der Waals surface area contributed by atoms with E-state index in [1.54, 1.807) is 33.8 Å². The van der Waals surface area contributed by atoms with Crippen molar-refractivity contribution in [2.24, 2.45) is 0 Å². The first-order valence-corrected chi connectivity index (χ1v) is 9.53. The summed E-state index contributed by atoms with van der Waals surface area (Å²) in [6.07, 6.45) is 1.00. The van der Waals surface area contributed by atoms with E-state index in [0.717, 1.165) is 10.6 Å². The largest absolute Gasteiger partial charge is 0.271 e. The smallest absolute Gasteiger partial charge is 0.260 e. The molecule has 0 bridgehead atoms. The second kappa shape index (κ2) is 5.54. The number of nitrogens with one attached hydrogen (secondary N) is 1. The van der Waals surface area contributed by atoms with Crippen LogP contribution in [0.5, 0.6) is 0 Å². The Labute approximate surface area is 126 Å². The Morgan fingerprint density at radius 3 is 2.10 bits per heavy atom. The van der Waals surface area contributed by atoms with Crippen molar-refractivity contribution in [3.63, 3.8) is 0 Å². The number of sulfonamides is 2. The van der Waals surface area contributed by atoms with Gasteiger partial charge in [-0.25, -0.2) is 26.5 Å². The fourth-order valence-electron chi connectivity index (χ4n) is 1.59. The van der Waals surface area contributed by atoms with Gasteiger partial charge in [0, 0.05) is 18.3 Å². The Morgan fingerprint density at radius 2 is 1.67 bits per heavy atom. The average Bonchev–Trinajstić information content (AvgIpc) is 2.23. The van der Waals surface area contributed by atoms with Crippen LogP contribution in [0.3, 0.4) is 0 Å². The minimum absolute atomic E-state index is 0.0138. The molecule has 1 aromatic heterocycles. The summed E-state index contributed by atoms with van der Waals surface area (Å²) < 4.78 is 51.6. The fraction of sp³-hybridized carbons (Fsp3) is 0.583. The summed E-state index contributed by atoms with van der Waals surface area (Å²) >= 11 is 0. The zero-order valence-electron chi connectivity index (χ0n) is 13.0. The van der Waals surface area contributed by atoms with Crippen molar-refractivity contribution in [3.05, 3.63) is 17.8 Å². The molecule has 21 heavy (non-hydrogen) atoms. The molecule has 1 heterocycles. The van der Waals surface area contributed by atoms with Gasteiger partial charge in [0.05, 0.1) is 11.9 Å². The van der Waals surface area contributed by atoms with Gasteiger partial charge in [-0.1, -0.05) is 0 Å². The van der Waals surface area contributed by atoms with E-state index in [-0.39, 0.29) is 10.7 Å². The molecule has 0 amide bonds. The normalized spacial score (nSPS) is 13.2. The van der Waals surface area contributed by atoms with Gasteiger partial charge in [-0.2, -0.15) is 0 Å². The van der Waals surface area contributed by atoms with Crippen LogP contribution in [0.4, 0.5) is 5.69 Å². The number of anilines is 1. The average molecular weight is 335 g/mol. The molecule has 0 aliphatic heterocycles. The highest BCUT2D eigenvalue weighted by Crippen LogP contribution is 2.25. The SMILES string of the molecule is Cc1ccc(N(C)S(C)(=O)=O)c(S(=O)(=O)NC(C)(C)C)n1. The van der Waals surface area contributed by atoms with Crippen LogP contribution < -0.4 is 9.03 Å². The maximum absolute atomic E-state index is 12.5. The first kappa shape index (κ1) is 17.9. The number of hydrogen-bond acceptors (Lipinski definition) is 5. The highest BCUT2D eigenvalue weighted by atomic mass is 32.2. The number of rotatable bonds is 4. The van der Waals surface area contributed by atoms with Crippen molar-refractivity contribution in [3.8, 4) is 0 Å². The summed E-state index contributed by atoms with van der Waals surface area (Å²) in [4.78, 5) is 4.01.